The van der Waals surface area contributed by atoms with Gasteiger partial charge in [-0.05, 0) is 12.5 Å². The molecule has 18 heavy (non-hydrogen) atoms. The molecule has 6 nitrogen and oxygen atoms in total. The molecule has 0 saturated carbocycles. The van der Waals surface area contributed by atoms with Crippen LogP contribution in [-0.4, -0.2) is 53.6 Å². The average molecular weight is 246 g/mol. The van der Waals surface area contributed by atoms with Gasteiger partial charge in [0.05, 0.1) is 12.1 Å². The van der Waals surface area contributed by atoms with Crippen molar-refractivity contribution in [1.82, 2.24) is 14.9 Å². The van der Waals surface area contributed by atoms with Crippen LogP contribution in [0.4, 0.5) is 5.95 Å². The van der Waals surface area contributed by atoms with E-state index in [0.717, 1.165) is 45.1 Å². The highest BCUT2D eigenvalue weighted by Crippen LogP contribution is 2.09. The average Bonchev–Trinajstić information content (AvgIpc) is 2.46. The summed E-state index contributed by atoms with van der Waals surface area (Å²) < 4.78 is 0. The molecule has 0 amide bonds. The highest BCUT2D eigenvalue weighted by molar-refractivity contribution is 5.29. The summed E-state index contributed by atoms with van der Waals surface area (Å²) in [5.41, 5.74) is 5.59. The molecule has 1 fully saturated rings. The quantitative estimate of drug-likeness (QED) is 0.795. The Balaban J connectivity index is 1.77. The monoisotopic (exact) mass is 246 g/mol. The summed E-state index contributed by atoms with van der Waals surface area (Å²) in [6.07, 6.45) is 4.26. The minimum atomic E-state index is -0.347. The van der Waals surface area contributed by atoms with E-state index in [9.17, 15) is 0 Å². The molecule has 2 heterocycles. The Morgan fingerprint density at radius 3 is 2.56 bits per heavy atom. The van der Waals surface area contributed by atoms with E-state index in [4.69, 9.17) is 11.0 Å². The zero-order chi connectivity index (χ0) is 12.8. The Bertz CT molecular complexity index is 393. The van der Waals surface area contributed by atoms with E-state index in [-0.39, 0.29) is 6.04 Å². The van der Waals surface area contributed by atoms with Crippen LogP contribution in [0.5, 0.6) is 0 Å². The van der Waals surface area contributed by atoms with Gasteiger partial charge in [0.1, 0.15) is 0 Å². The van der Waals surface area contributed by atoms with Crippen LogP contribution >= 0.6 is 0 Å². The second-order valence-corrected chi connectivity index (χ2v) is 4.40. The second kappa shape index (κ2) is 6.28. The van der Waals surface area contributed by atoms with Gasteiger partial charge < -0.3 is 10.6 Å². The van der Waals surface area contributed by atoms with E-state index < -0.39 is 0 Å². The number of anilines is 1. The molecule has 96 valence electrons. The molecule has 0 aromatic carbocycles. The van der Waals surface area contributed by atoms with Gasteiger partial charge in [0.2, 0.25) is 5.95 Å². The van der Waals surface area contributed by atoms with Crippen LogP contribution < -0.4 is 10.6 Å². The van der Waals surface area contributed by atoms with Crippen LogP contribution in [-0.2, 0) is 0 Å². The maximum Gasteiger partial charge on any atom is 0.225 e. The molecule has 1 unspecified atom stereocenters. The molecular weight excluding hydrogens is 228 g/mol. The van der Waals surface area contributed by atoms with Crippen LogP contribution in [0.15, 0.2) is 18.5 Å². The molecule has 2 rings (SSSR count). The van der Waals surface area contributed by atoms with E-state index >= 15 is 0 Å². The Morgan fingerprint density at radius 2 is 1.94 bits per heavy atom. The first kappa shape index (κ1) is 12.7. The fourth-order valence-corrected chi connectivity index (χ4v) is 2.01. The summed E-state index contributed by atoms with van der Waals surface area (Å²) in [4.78, 5) is 13.0. The van der Waals surface area contributed by atoms with E-state index in [1.165, 1.54) is 0 Å². The smallest absolute Gasteiger partial charge is 0.225 e. The van der Waals surface area contributed by atoms with Crippen molar-refractivity contribution in [2.75, 3.05) is 37.6 Å². The number of nitrogens with zero attached hydrogens (tertiary/aromatic N) is 5. The predicted molar refractivity (Wildman–Crippen MR) is 68.9 cm³/mol. The second-order valence-electron chi connectivity index (χ2n) is 4.40. The third-order valence-electron chi connectivity index (χ3n) is 3.13. The predicted octanol–water partition coefficient (Wildman–Crippen LogP) is -0.160. The topological polar surface area (TPSA) is 82.1 Å². The maximum atomic E-state index is 8.64. The molecule has 2 N–H and O–H groups in total. The van der Waals surface area contributed by atoms with Gasteiger partial charge in [-0.2, -0.15) is 5.26 Å². The minimum Gasteiger partial charge on any atom is -0.338 e. The molecule has 1 aliphatic rings. The lowest BCUT2D eigenvalue weighted by Crippen LogP contribution is -2.47. The highest BCUT2D eigenvalue weighted by atomic mass is 15.3. The first-order chi connectivity index (χ1) is 8.79. The van der Waals surface area contributed by atoms with Gasteiger partial charge in [0.15, 0.2) is 0 Å². The van der Waals surface area contributed by atoms with E-state index in [2.05, 4.69) is 25.8 Å². The number of nitriles is 1. The summed E-state index contributed by atoms with van der Waals surface area (Å²) in [5.74, 6) is 0.797. The van der Waals surface area contributed by atoms with Gasteiger partial charge >= 0.3 is 0 Å². The third kappa shape index (κ3) is 3.39. The van der Waals surface area contributed by atoms with Gasteiger partial charge in [-0.1, -0.05) is 0 Å². The summed E-state index contributed by atoms with van der Waals surface area (Å²) in [5, 5.41) is 8.64. The molecule has 0 aliphatic carbocycles. The van der Waals surface area contributed by atoms with E-state index in [1.807, 2.05) is 6.07 Å². The van der Waals surface area contributed by atoms with Crippen molar-refractivity contribution in [1.29, 1.82) is 5.26 Å². The van der Waals surface area contributed by atoms with Crippen molar-refractivity contribution < 1.29 is 0 Å². The van der Waals surface area contributed by atoms with Crippen molar-refractivity contribution in [3.05, 3.63) is 18.5 Å². The van der Waals surface area contributed by atoms with E-state index in [0.29, 0.717) is 0 Å². The summed E-state index contributed by atoms with van der Waals surface area (Å²) in [6, 6.07) is 3.54. The molecule has 0 spiro atoms. The fraction of sp³-hybridized carbons (Fsp3) is 0.583. The molecule has 1 aromatic heterocycles. The lowest BCUT2D eigenvalue weighted by Gasteiger charge is -2.34. The molecule has 0 bridgehead atoms. The van der Waals surface area contributed by atoms with Crippen LogP contribution in [0, 0.1) is 11.3 Å². The Kier molecular flexibility index (Phi) is 4.45. The van der Waals surface area contributed by atoms with Crippen molar-refractivity contribution in [2.24, 2.45) is 5.73 Å². The standard InChI is InChI=1S/C12H18N6/c13-10-11(14)2-5-17-6-8-18(9-7-17)12-15-3-1-4-16-12/h1,3-4,11H,2,5-9,14H2. The molecule has 0 radical (unpaired) electrons. The van der Waals surface area contributed by atoms with Crippen LogP contribution in [0.1, 0.15) is 6.42 Å². The van der Waals surface area contributed by atoms with Crippen molar-refractivity contribution in [3.63, 3.8) is 0 Å². The molecule has 1 atom stereocenters. The minimum absolute atomic E-state index is 0.347. The SMILES string of the molecule is N#CC(N)CCN1CCN(c2ncccn2)CC1. The normalized spacial score (nSPS) is 18.3. The van der Waals surface area contributed by atoms with Gasteiger partial charge in [-0.15, -0.1) is 0 Å². The first-order valence-corrected chi connectivity index (χ1v) is 6.19. The van der Waals surface area contributed by atoms with Gasteiger partial charge in [0, 0.05) is 45.1 Å². The number of hydrogen-bond donors (Lipinski definition) is 1. The Morgan fingerprint density at radius 1 is 1.28 bits per heavy atom. The largest absolute Gasteiger partial charge is 0.338 e. The van der Waals surface area contributed by atoms with Crippen LogP contribution in [0.3, 0.4) is 0 Å². The maximum absolute atomic E-state index is 8.64. The number of aromatic nitrogens is 2. The summed E-state index contributed by atoms with van der Waals surface area (Å²) in [7, 11) is 0. The fourth-order valence-electron chi connectivity index (χ4n) is 2.01. The Hall–Kier alpha value is -1.71. The number of nitrogens with two attached hydrogens (primary N) is 1. The van der Waals surface area contributed by atoms with E-state index in [1.54, 1.807) is 12.4 Å². The first-order valence-electron chi connectivity index (χ1n) is 6.19. The van der Waals surface area contributed by atoms with Crippen molar-refractivity contribution in [3.8, 4) is 6.07 Å². The number of hydrogen-bond acceptors (Lipinski definition) is 6. The number of rotatable bonds is 4. The molecule has 1 aromatic rings. The van der Waals surface area contributed by atoms with Crippen molar-refractivity contribution in [2.45, 2.75) is 12.5 Å². The number of piperazine rings is 1. The third-order valence-corrected chi connectivity index (χ3v) is 3.13. The lowest BCUT2D eigenvalue weighted by atomic mass is 10.2. The molecule has 1 saturated heterocycles. The molecular formula is C12H18N6. The summed E-state index contributed by atoms with van der Waals surface area (Å²) >= 11 is 0. The molecule has 1 aliphatic heterocycles. The van der Waals surface area contributed by atoms with Gasteiger partial charge in [0.25, 0.3) is 0 Å². The Labute approximate surface area is 107 Å². The molecule has 6 heteroatoms. The zero-order valence-corrected chi connectivity index (χ0v) is 10.4. The van der Waals surface area contributed by atoms with Gasteiger partial charge in [-0.3, -0.25) is 4.90 Å². The lowest BCUT2D eigenvalue weighted by molar-refractivity contribution is 0.251. The van der Waals surface area contributed by atoms with Crippen LogP contribution in [0.25, 0.3) is 0 Å². The summed E-state index contributed by atoms with van der Waals surface area (Å²) in [6.45, 7) is 4.67. The van der Waals surface area contributed by atoms with Crippen molar-refractivity contribution >= 4 is 5.95 Å². The van der Waals surface area contributed by atoms with Gasteiger partial charge in [-0.25, -0.2) is 9.97 Å². The van der Waals surface area contributed by atoms with Crippen LogP contribution in [0.2, 0.25) is 0 Å². The zero-order valence-electron chi connectivity index (χ0n) is 10.4. The highest BCUT2D eigenvalue weighted by Gasteiger charge is 2.18.